The number of hydrogen-bond donors (Lipinski definition) is 1. The molecule has 1 aromatic heterocycles. The summed E-state index contributed by atoms with van der Waals surface area (Å²) in [5.41, 5.74) is -0.885. The number of carboxylic acid groups (broad SMARTS) is 1. The Morgan fingerprint density at radius 3 is 3.11 bits per heavy atom. The van der Waals surface area contributed by atoms with Crippen molar-refractivity contribution in [2.75, 3.05) is 18.0 Å². The minimum atomic E-state index is -0.885. The molecule has 4 nitrogen and oxygen atoms in total. The van der Waals surface area contributed by atoms with Crippen molar-refractivity contribution in [2.24, 2.45) is 5.41 Å². The number of halogens is 1. The maximum absolute atomic E-state index is 13.7. The van der Waals surface area contributed by atoms with Gasteiger partial charge in [-0.3, -0.25) is 4.79 Å². The fourth-order valence-electron chi connectivity index (χ4n) is 2.63. The van der Waals surface area contributed by atoms with E-state index >= 15 is 0 Å². The normalized spacial score (nSPS) is 23.1. The van der Waals surface area contributed by atoms with Crippen LogP contribution in [0.3, 0.4) is 0 Å². The second-order valence-electron chi connectivity index (χ2n) is 4.91. The van der Waals surface area contributed by atoms with E-state index in [2.05, 4.69) is 11.6 Å². The highest BCUT2D eigenvalue weighted by Gasteiger charge is 2.42. The summed E-state index contributed by atoms with van der Waals surface area (Å²) in [5, 5.41) is 9.47. The number of aromatic nitrogens is 1. The first kappa shape index (κ1) is 13.5. The van der Waals surface area contributed by atoms with Crippen LogP contribution in [0.2, 0.25) is 0 Å². The Morgan fingerprint density at radius 1 is 1.68 bits per heavy atom. The minimum absolute atomic E-state index is 0.233. The molecule has 0 spiro atoms. The van der Waals surface area contributed by atoms with Gasteiger partial charge in [-0.2, -0.15) is 0 Å². The summed E-state index contributed by atoms with van der Waals surface area (Å²) in [6.07, 6.45) is 4.80. The summed E-state index contributed by atoms with van der Waals surface area (Å²) in [4.78, 5) is 17.3. The van der Waals surface area contributed by atoms with Crippen LogP contribution in [0.1, 0.15) is 19.3 Å². The maximum atomic E-state index is 13.7. The average Bonchev–Trinajstić information content (AvgIpc) is 2.39. The molecule has 19 heavy (non-hydrogen) atoms. The molecule has 0 aliphatic carbocycles. The second-order valence-corrected chi connectivity index (χ2v) is 4.91. The van der Waals surface area contributed by atoms with Crippen LogP contribution in [0.25, 0.3) is 0 Å². The maximum Gasteiger partial charge on any atom is 0.311 e. The number of anilines is 1. The first-order chi connectivity index (χ1) is 9.09. The lowest BCUT2D eigenvalue weighted by molar-refractivity contribution is -0.149. The monoisotopic (exact) mass is 264 g/mol. The molecule has 0 amide bonds. The van der Waals surface area contributed by atoms with Crippen molar-refractivity contribution < 1.29 is 14.3 Å². The van der Waals surface area contributed by atoms with Gasteiger partial charge < -0.3 is 10.0 Å². The molecule has 5 heteroatoms. The van der Waals surface area contributed by atoms with Crippen LogP contribution in [0, 0.1) is 11.2 Å². The smallest absolute Gasteiger partial charge is 0.311 e. The number of pyridine rings is 1. The van der Waals surface area contributed by atoms with Gasteiger partial charge in [-0.25, -0.2) is 9.37 Å². The Morgan fingerprint density at radius 2 is 2.47 bits per heavy atom. The van der Waals surface area contributed by atoms with Gasteiger partial charge in [0.2, 0.25) is 0 Å². The van der Waals surface area contributed by atoms with Crippen molar-refractivity contribution in [3.05, 3.63) is 36.8 Å². The molecule has 1 aliphatic heterocycles. The summed E-state index contributed by atoms with van der Waals surface area (Å²) < 4.78 is 13.7. The number of carbonyl (C=O) groups is 1. The van der Waals surface area contributed by atoms with Gasteiger partial charge in [0, 0.05) is 19.3 Å². The van der Waals surface area contributed by atoms with Gasteiger partial charge in [-0.1, -0.05) is 6.08 Å². The summed E-state index contributed by atoms with van der Waals surface area (Å²) in [5.74, 6) is -1.03. The molecular formula is C14H17FN2O2. The molecule has 0 unspecified atom stereocenters. The summed E-state index contributed by atoms with van der Waals surface area (Å²) in [7, 11) is 0. The Hall–Kier alpha value is -1.91. The van der Waals surface area contributed by atoms with E-state index in [1.165, 1.54) is 18.3 Å². The van der Waals surface area contributed by atoms with E-state index in [-0.39, 0.29) is 12.4 Å². The fourth-order valence-corrected chi connectivity index (χ4v) is 2.63. The highest BCUT2D eigenvalue weighted by atomic mass is 19.1. The number of rotatable bonds is 4. The van der Waals surface area contributed by atoms with Crippen LogP contribution in [0.15, 0.2) is 31.0 Å². The van der Waals surface area contributed by atoms with Crippen LogP contribution < -0.4 is 4.90 Å². The quantitative estimate of drug-likeness (QED) is 0.849. The van der Waals surface area contributed by atoms with Crippen molar-refractivity contribution in [3.8, 4) is 0 Å². The lowest BCUT2D eigenvalue weighted by Crippen LogP contribution is -2.48. The zero-order valence-corrected chi connectivity index (χ0v) is 10.7. The van der Waals surface area contributed by atoms with E-state index < -0.39 is 17.2 Å². The lowest BCUT2D eigenvalue weighted by Gasteiger charge is -2.40. The zero-order valence-electron chi connectivity index (χ0n) is 10.7. The standard InChI is InChI=1S/C14H17FN2O2/c1-2-6-14(13(18)19)7-4-9-17(10-14)12-11(15)5-3-8-16-12/h2-3,5,8H,1,4,6-7,9-10H2,(H,18,19)/t14-/m0/s1. The van der Waals surface area contributed by atoms with Crippen molar-refractivity contribution in [2.45, 2.75) is 19.3 Å². The van der Waals surface area contributed by atoms with E-state index in [0.717, 1.165) is 0 Å². The number of carboxylic acids is 1. The number of allylic oxidation sites excluding steroid dienone is 1. The molecule has 1 atom stereocenters. The predicted molar refractivity (Wildman–Crippen MR) is 70.5 cm³/mol. The average molecular weight is 264 g/mol. The van der Waals surface area contributed by atoms with E-state index in [0.29, 0.717) is 25.8 Å². The third-order valence-electron chi connectivity index (χ3n) is 3.60. The molecule has 1 aliphatic rings. The number of nitrogens with zero attached hydrogens (tertiary/aromatic N) is 2. The Kier molecular flexibility index (Phi) is 3.83. The summed E-state index contributed by atoms with van der Waals surface area (Å²) in [6, 6.07) is 2.86. The van der Waals surface area contributed by atoms with Gasteiger partial charge in [0.05, 0.1) is 5.41 Å². The Labute approximate surface area is 111 Å². The number of hydrogen-bond acceptors (Lipinski definition) is 3. The molecule has 1 N–H and O–H groups in total. The summed E-state index contributed by atoms with van der Waals surface area (Å²) in [6.45, 7) is 4.52. The second kappa shape index (κ2) is 5.38. The molecule has 0 aromatic carbocycles. The molecule has 1 saturated heterocycles. The first-order valence-corrected chi connectivity index (χ1v) is 6.29. The minimum Gasteiger partial charge on any atom is -0.481 e. The molecule has 0 saturated carbocycles. The van der Waals surface area contributed by atoms with Crippen LogP contribution in [0.4, 0.5) is 10.2 Å². The van der Waals surface area contributed by atoms with Crippen LogP contribution in [-0.2, 0) is 4.79 Å². The largest absolute Gasteiger partial charge is 0.481 e. The topological polar surface area (TPSA) is 53.4 Å². The Bertz CT molecular complexity index is 492. The number of piperidine rings is 1. The SMILES string of the molecule is C=CC[C@]1(C(=O)O)CCCN(c2ncccc2F)C1. The van der Waals surface area contributed by atoms with Crippen LogP contribution in [0.5, 0.6) is 0 Å². The first-order valence-electron chi connectivity index (χ1n) is 6.29. The summed E-state index contributed by atoms with van der Waals surface area (Å²) >= 11 is 0. The lowest BCUT2D eigenvalue weighted by atomic mass is 9.77. The molecule has 1 fully saturated rings. The van der Waals surface area contributed by atoms with Gasteiger partial charge in [-0.15, -0.1) is 6.58 Å². The van der Waals surface area contributed by atoms with Gasteiger partial charge >= 0.3 is 5.97 Å². The fraction of sp³-hybridized carbons (Fsp3) is 0.429. The van der Waals surface area contributed by atoms with Crippen LogP contribution in [-0.4, -0.2) is 29.1 Å². The molecule has 1 aromatic rings. The van der Waals surface area contributed by atoms with Gasteiger partial charge in [0.25, 0.3) is 0 Å². The molecular weight excluding hydrogens is 247 g/mol. The molecule has 102 valence electrons. The third kappa shape index (κ3) is 2.59. The van der Waals surface area contributed by atoms with E-state index in [9.17, 15) is 14.3 Å². The predicted octanol–water partition coefficient (Wildman–Crippen LogP) is 2.47. The molecule has 0 bridgehead atoms. The molecule has 0 radical (unpaired) electrons. The van der Waals surface area contributed by atoms with E-state index in [4.69, 9.17) is 0 Å². The van der Waals surface area contributed by atoms with Crippen molar-refractivity contribution >= 4 is 11.8 Å². The van der Waals surface area contributed by atoms with E-state index in [1.54, 1.807) is 11.0 Å². The van der Waals surface area contributed by atoms with Gasteiger partial charge in [0.15, 0.2) is 11.6 Å². The van der Waals surface area contributed by atoms with Gasteiger partial charge in [0.1, 0.15) is 0 Å². The van der Waals surface area contributed by atoms with Crippen molar-refractivity contribution in [3.63, 3.8) is 0 Å². The van der Waals surface area contributed by atoms with E-state index in [1.807, 2.05) is 0 Å². The highest BCUT2D eigenvalue weighted by molar-refractivity contribution is 5.76. The van der Waals surface area contributed by atoms with Crippen molar-refractivity contribution in [1.29, 1.82) is 0 Å². The highest BCUT2D eigenvalue weighted by Crippen LogP contribution is 2.36. The van der Waals surface area contributed by atoms with Gasteiger partial charge in [-0.05, 0) is 31.4 Å². The van der Waals surface area contributed by atoms with Crippen LogP contribution >= 0.6 is 0 Å². The van der Waals surface area contributed by atoms with Crippen molar-refractivity contribution in [1.82, 2.24) is 4.98 Å². The number of aliphatic carboxylic acids is 1. The zero-order chi connectivity index (χ0) is 13.9. The Balaban J connectivity index is 2.28. The molecule has 2 rings (SSSR count). The molecule has 2 heterocycles. The third-order valence-corrected chi connectivity index (χ3v) is 3.60.